The molecule has 0 aliphatic carbocycles. The van der Waals surface area contributed by atoms with Crippen LogP contribution in [0.25, 0.3) is 0 Å². The second-order valence-electron chi connectivity index (χ2n) is 4.03. The first kappa shape index (κ1) is 13.2. The van der Waals surface area contributed by atoms with Gasteiger partial charge in [-0.3, -0.25) is 0 Å². The zero-order valence-electron chi connectivity index (χ0n) is 10.4. The smallest absolute Gasteiger partial charge is 0.0661 e. The van der Waals surface area contributed by atoms with E-state index in [1.54, 1.807) is 0 Å². The van der Waals surface area contributed by atoms with E-state index in [4.69, 9.17) is 4.74 Å². The molecule has 0 radical (unpaired) electrons. The molecule has 0 fully saturated rings. The summed E-state index contributed by atoms with van der Waals surface area (Å²) in [5.74, 6) is 0. The van der Waals surface area contributed by atoms with Crippen LogP contribution >= 0.6 is 0 Å². The van der Waals surface area contributed by atoms with Crippen molar-refractivity contribution in [1.82, 2.24) is 5.32 Å². The van der Waals surface area contributed by atoms with E-state index >= 15 is 0 Å². The summed E-state index contributed by atoms with van der Waals surface area (Å²) in [4.78, 5) is 0. The van der Waals surface area contributed by atoms with Crippen LogP contribution in [0.4, 0.5) is 0 Å². The molecule has 0 aromatic heterocycles. The lowest BCUT2D eigenvalue weighted by Crippen LogP contribution is -2.21. The van der Waals surface area contributed by atoms with Crippen LogP contribution < -0.4 is 5.32 Å². The van der Waals surface area contributed by atoms with E-state index in [0.717, 1.165) is 13.2 Å². The van der Waals surface area contributed by atoms with Crippen LogP contribution in [0.1, 0.15) is 37.8 Å². The highest BCUT2D eigenvalue weighted by Gasteiger charge is 2.07. The normalized spacial score (nSPS) is 12.6. The van der Waals surface area contributed by atoms with E-state index in [2.05, 4.69) is 36.5 Å². The Kier molecular flexibility index (Phi) is 6.86. The van der Waals surface area contributed by atoms with Gasteiger partial charge in [0.15, 0.2) is 0 Å². The summed E-state index contributed by atoms with van der Waals surface area (Å²) in [6.07, 6.45) is 3.68. The molecule has 90 valence electrons. The summed E-state index contributed by atoms with van der Waals surface area (Å²) in [5, 5.41) is 3.28. The molecule has 0 heterocycles. The van der Waals surface area contributed by atoms with Crippen molar-refractivity contribution in [2.45, 2.75) is 32.2 Å². The third-order valence-corrected chi connectivity index (χ3v) is 2.73. The molecular weight excluding hydrogens is 198 g/mol. The van der Waals surface area contributed by atoms with Crippen molar-refractivity contribution in [1.29, 1.82) is 0 Å². The van der Waals surface area contributed by atoms with E-state index in [9.17, 15) is 0 Å². The van der Waals surface area contributed by atoms with Gasteiger partial charge < -0.3 is 10.1 Å². The summed E-state index contributed by atoms with van der Waals surface area (Å²) < 4.78 is 5.68. The van der Waals surface area contributed by atoms with Crippen LogP contribution in [0.15, 0.2) is 30.3 Å². The monoisotopic (exact) mass is 221 g/mol. The Morgan fingerprint density at radius 2 is 1.94 bits per heavy atom. The maximum absolute atomic E-state index is 5.68. The largest absolute Gasteiger partial charge is 0.379 e. The highest BCUT2D eigenvalue weighted by atomic mass is 16.5. The van der Waals surface area contributed by atoms with Gasteiger partial charge in [-0.15, -0.1) is 0 Å². The van der Waals surface area contributed by atoms with Crippen molar-refractivity contribution >= 4 is 0 Å². The van der Waals surface area contributed by atoms with Crippen molar-refractivity contribution in [2.24, 2.45) is 0 Å². The van der Waals surface area contributed by atoms with Crippen LogP contribution in [0.2, 0.25) is 0 Å². The molecule has 2 nitrogen and oxygen atoms in total. The molecule has 0 spiro atoms. The van der Waals surface area contributed by atoms with Crippen LogP contribution in [0.5, 0.6) is 0 Å². The van der Waals surface area contributed by atoms with Gasteiger partial charge in [-0.25, -0.2) is 0 Å². The van der Waals surface area contributed by atoms with Gasteiger partial charge in [0.05, 0.1) is 12.6 Å². The van der Waals surface area contributed by atoms with Gasteiger partial charge in [-0.2, -0.15) is 0 Å². The first-order valence-electron chi connectivity index (χ1n) is 6.18. The molecule has 16 heavy (non-hydrogen) atoms. The molecule has 0 aliphatic rings. The first-order chi connectivity index (χ1) is 7.88. The van der Waals surface area contributed by atoms with Crippen molar-refractivity contribution in [3.05, 3.63) is 35.9 Å². The Labute approximate surface area is 99.0 Å². The minimum atomic E-state index is 0.308. The van der Waals surface area contributed by atoms with Gasteiger partial charge in [0.2, 0.25) is 0 Å². The Morgan fingerprint density at radius 1 is 1.19 bits per heavy atom. The molecule has 1 rings (SSSR count). The van der Waals surface area contributed by atoms with E-state index in [0.29, 0.717) is 6.04 Å². The number of ether oxygens (including phenoxy) is 1. The number of hydrogen-bond donors (Lipinski definition) is 1. The zero-order valence-corrected chi connectivity index (χ0v) is 10.4. The summed E-state index contributed by atoms with van der Waals surface area (Å²) in [7, 11) is 1.98. The molecule has 1 atom stereocenters. The second-order valence-corrected chi connectivity index (χ2v) is 4.03. The van der Waals surface area contributed by atoms with Crippen LogP contribution in [-0.4, -0.2) is 20.3 Å². The van der Waals surface area contributed by atoms with Gasteiger partial charge in [0.1, 0.15) is 0 Å². The predicted octanol–water partition coefficient (Wildman–Crippen LogP) is 3.15. The fourth-order valence-electron chi connectivity index (χ4n) is 1.69. The lowest BCUT2D eigenvalue weighted by atomic mass is 10.1. The first-order valence-corrected chi connectivity index (χ1v) is 6.18. The molecule has 1 aromatic rings. The van der Waals surface area contributed by atoms with Crippen molar-refractivity contribution < 1.29 is 4.74 Å². The maximum atomic E-state index is 5.68. The van der Waals surface area contributed by atoms with Crippen LogP contribution in [-0.2, 0) is 4.74 Å². The molecule has 0 aliphatic heterocycles. The number of unbranched alkanes of at least 4 members (excludes halogenated alkanes) is 2. The molecule has 0 amide bonds. The summed E-state index contributed by atoms with van der Waals surface area (Å²) in [6.45, 7) is 3.84. The fraction of sp³-hybridized carbons (Fsp3) is 0.571. The van der Waals surface area contributed by atoms with Gasteiger partial charge in [-0.1, -0.05) is 50.1 Å². The topological polar surface area (TPSA) is 21.3 Å². The average molecular weight is 221 g/mol. The lowest BCUT2D eigenvalue weighted by Gasteiger charge is -2.16. The molecule has 1 unspecified atom stereocenters. The quantitative estimate of drug-likeness (QED) is 0.681. The summed E-state index contributed by atoms with van der Waals surface area (Å²) in [6, 6.07) is 10.8. The number of rotatable bonds is 8. The number of hydrogen-bond acceptors (Lipinski definition) is 2. The highest BCUT2D eigenvalue weighted by molar-refractivity contribution is 5.18. The fourth-order valence-corrected chi connectivity index (χ4v) is 1.69. The van der Waals surface area contributed by atoms with Gasteiger partial charge in [0, 0.05) is 6.61 Å². The minimum absolute atomic E-state index is 0.308. The number of likely N-dealkylation sites (N-methyl/N-ethyl adjacent to an activating group) is 1. The predicted molar refractivity (Wildman–Crippen MR) is 68.6 cm³/mol. The van der Waals surface area contributed by atoms with Crippen molar-refractivity contribution in [2.75, 3.05) is 20.3 Å². The Hall–Kier alpha value is -0.860. The average Bonchev–Trinajstić information content (AvgIpc) is 2.35. The summed E-state index contributed by atoms with van der Waals surface area (Å²) in [5.41, 5.74) is 1.29. The Bertz CT molecular complexity index is 261. The van der Waals surface area contributed by atoms with E-state index in [1.165, 1.54) is 24.8 Å². The van der Waals surface area contributed by atoms with Gasteiger partial charge in [0.25, 0.3) is 0 Å². The molecule has 2 heteroatoms. The Morgan fingerprint density at radius 3 is 2.56 bits per heavy atom. The maximum Gasteiger partial charge on any atom is 0.0661 e. The Balaban J connectivity index is 2.27. The zero-order chi connectivity index (χ0) is 11.6. The number of nitrogens with one attached hydrogen (secondary N) is 1. The SMILES string of the molecule is CCCCCOCC(NC)c1ccccc1. The lowest BCUT2D eigenvalue weighted by molar-refractivity contribution is 0.110. The van der Waals surface area contributed by atoms with E-state index < -0.39 is 0 Å². The minimum Gasteiger partial charge on any atom is -0.379 e. The standard InChI is InChI=1S/C14H23NO/c1-3-4-8-11-16-12-14(15-2)13-9-6-5-7-10-13/h5-7,9-10,14-15H,3-4,8,11-12H2,1-2H3. The molecule has 1 aromatic carbocycles. The number of benzene rings is 1. The van der Waals surface area contributed by atoms with Gasteiger partial charge in [-0.05, 0) is 19.0 Å². The van der Waals surface area contributed by atoms with Gasteiger partial charge >= 0.3 is 0 Å². The second kappa shape index (κ2) is 8.31. The molecular formula is C14H23NO. The van der Waals surface area contributed by atoms with Crippen molar-refractivity contribution in [3.63, 3.8) is 0 Å². The van der Waals surface area contributed by atoms with E-state index in [1.807, 2.05) is 13.1 Å². The molecule has 0 saturated carbocycles. The third-order valence-electron chi connectivity index (χ3n) is 2.73. The molecule has 1 N–H and O–H groups in total. The highest BCUT2D eigenvalue weighted by Crippen LogP contribution is 2.12. The molecule has 0 saturated heterocycles. The van der Waals surface area contributed by atoms with Crippen LogP contribution in [0.3, 0.4) is 0 Å². The third kappa shape index (κ3) is 4.77. The van der Waals surface area contributed by atoms with Crippen molar-refractivity contribution in [3.8, 4) is 0 Å². The van der Waals surface area contributed by atoms with Crippen LogP contribution in [0, 0.1) is 0 Å². The summed E-state index contributed by atoms with van der Waals surface area (Å²) >= 11 is 0. The van der Waals surface area contributed by atoms with E-state index in [-0.39, 0.29) is 0 Å². The molecule has 0 bridgehead atoms.